The molecule has 0 radical (unpaired) electrons. The van der Waals surface area contributed by atoms with E-state index in [9.17, 15) is 51.1 Å². The number of aliphatic hydroxyl groups excluding tert-OH is 10. The van der Waals surface area contributed by atoms with Gasteiger partial charge < -0.3 is 80.5 Å². The van der Waals surface area contributed by atoms with Gasteiger partial charge in [0.15, 0.2) is 18.9 Å². The van der Waals surface area contributed by atoms with Gasteiger partial charge in [-0.2, -0.15) is 0 Å². The molecule has 3 fully saturated rings. The van der Waals surface area contributed by atoms with E-state index < -0.39 is 105 Å². The largest absolute Gasteiger partial charge is 0.394 e. The Kier molecular flexibility index (Phi) is 9.54. The summed E-state index contributed by atoms with van der Waals surface area (Å²) in [5.74, 6) is 0. The molecule has 16 nitrogen and oxygen atoms in total. The van der Waals surface area contributed by atoms with Crippen LogP contribution in [0.1, 0.15) is 0 Å². The number of aliphatic hydroxyl groups is 10. The first kappa shape index (κ1) is 27.9. The molecule has 3 saturated heterocycles. The van der Waals surface area contributed by atoms with Gasteiger partial charge in [0.25, 0.3) is 0 Å². The molecular formula is C18H33NO15. The van der Waals surface area contributed by atoms with Gasteiger partial charge in [0.1, 0.15) is 73.2 Å². The second-order valence-electron chi connectivity index (χ2n) is 8.39. The first-order valence-corrected chi connectivity index (χ1v) is 10.7. The van der Waals surface area contributed by atoms with E-state index in [1.807, 2.05) is 0 Å². The van der Waals surface area contributed by atoms with Crippen molar-refractivity contribution in [2.75, 3.05) is 19.8 Å². The zero-order chi connectivity index (χ0) is 25.3. The summed E-state index contributed by atoms with van der Waals surface area (Å²) in [7, 11) is 0. The van der Waals surface area contributed by atoms with Crippen LogP contribution in [-0.2, 0) is 23.7 Å². The van der Waals surface area contributed by atoms with Crippen molar-refractivity contribution < 1.29 is 74.7 Å². The number of nitrogens with two attached hydrogens (primary N) is 1. The van der Waals surface area contributed by atoms with Crippen molar-refractivity contribution in [2.24, 2.45) is 5.73 Å². The van der Waals surface area contributed by atoms with Crippen LogP contribution in [0.4, 0.5) is 0 Å². The lowest BCUT2D eigenvalue weighted by atomic mass is 9.96. The molecule has 3 aliphatic heterocycles. The highest BCUT2D eigenvalue weighted by Crippen LogP contribution is 2.32. The van der Waals surface area contributed by atoms with Crippen LogP contribution in [-0.4, -0.2) is 163 Å². The predicted molar refractivity (Wildman–Crippen MR) is 103 cm³/mol. The predicted octanol–water partition coefficient (Wildman–Crippen LogP) is -7.61. The standard InChI is InChI=1S/C18H33NO15/c19-1-4-7(22)8(23)12(27)17(31-4)34-15-6(3-21)32-18(13(28)10(15)25)33-14-5(2-20)30-16(29)11(26)9(14)24/h4-18,20-29H,1-3,19H2/t4-,5-,6-,7+,8+,9-,10-,11-,12-,13-,14-,15+,16-,17-,18+/m1/s1. The molecule has 12 N–H and O–H groups in total. The van der Waals surface area contributed by atoms with E-state index in [-0.39, 0.29) is 6.54 Å². The Morgan fingerprint density at radius 3 is 1.47 bits per heavy atom. The second-order valence-corrected chi connectivity index (χ2v) is 8.39. The van der Waals surface area contributed by atoms with Gasteiger partial charge in [-0.25, -0.2) is 0 Å². The number of hydrogen-bond acceptors (Lipinski definition) is 16. The molecule has 200 valence electrons. The van der Waals surface area contributed by atoms with E-state index in [2.05, 4.69) is 0 Å². The molecule has 3 heterocycles. The molecule has 0 unspecified atom stereocenters. The highest BCUT2D eigenvalue weighted by molar-refractivity contribution is 4.96. The summed E-state index contributed by atoms with van der Waals surface area (Å²) < 4.78 is 26.6. The molecule has 0 aliphatic carbocycles. The molecule has 3 aliphatic rings. The third kappa shape index (κ3) is 5.37. The molecule has 0 bridgehead atoms. The zero-order valence-corrected chi connectivity index (χ0v) is 17.9. The normalized spacial score (nSPS) is 52.5. The van der Waals surface area contributed by atoms with E-state index in [0.29, 0.717) is 0 Å². The molecule has 0 spiro atoms. The van der Waals surface area contributed by atoms with Crippen molar-refractivity contribution in [2.45, 2.75) is 92.1 Å². The van der Waals surface area contributed by atoms with Gasteiger partial charge in [0.05, 0.1) is 13.2 Å². The molecule has 0 aromatic rings. The molecule has 16 heteroatoms. The van der Waals surface area contributed by atoms with E-state index in [1.165, 1.54) is 0 Å². The highest BCUT2D eigenvalue weighted by atomic mass is 16.7. The summed E-state index contributed by atoms with van der Waals surface area (Å²) in [4.78, 5) is 0. The average Bonchev–Trinajstić information content (AvgIpc) is 2.83. The van der Waals surface area contributed by atoms with Crippen molar-refractivity contribution in [3.63, 3.8) is 0 Å². The Morgan fingerprint density at radius 2 is 0.971 bits per heavy atom. The first-order valence-electron chi connectivity index (χ1n) is 10.7. The van der Waals surface area contributed by atoms with Gasteiger partial charge in [-0.05, 0) is 0 Å². The van der Waals surface area contributed by atoms with Gasteiger partial charge in [-0.3, -0.25) is 0 Å². The minimum atomic E-state index is -1.88. The zero-order valence-electron chi connectivity index (χ0n) is 17.9. The summed E-state index contributed by atoms with van der Waals surface area (Å²) >= 11 is 0. The monoisotopic (exact) mass is 503 g/mol. The maximum atomic E-state index is 10.6. The molecule has 34 heavy (non-hydrogen) atoms. The highest BCUT2D eigenvalue weighted by Gasteiger charge is 2.53. The van der Waals surface area contributed by atoms with E-state index in [4.69, 9.17) is 29.4 Å². The lowest BCUT2D eigenvalue weighted by Crippen LogP contribution is -2.66. The third-order valence-corrected chi connectivity index (χ3v) is 6.14. The number of ether oxygens (including phenoxy) is 5. The second kappa shape index (κ2) is 11.6. The van der Waals surface area contributed by atoms with Gasteiger partial charge in [-0.15, -0.1) is 0 Å². The van der Waals surface area contributed by atoms with Crippen LogP contribution < -0.4 is 5.73 Å². The van der Waals surface area contributed by atoms with Crippen molar-refractivity contribution in [1.82, 2.24) is 0 Å². The minimum Gasteiger partial charge on any atom is -0.394 e. The average molecular weight is 503 g/mol. The summed E-state index contributed by atoms with van der Waals surface area (Å²) in [6.45, 7) is -1.79. The Hall–Kier alpha value is -0.640. The number of hydrogen-bond donors (Lipinski definition) is 11. The van der Waals surface area contributed by atoms with Gasteiger partial charge in [-0.1, -0.05) is 0 Å². The van der Waals surface area contributed by atoms with Crippen LogP contribution in [0.5, 0.6) is 0 Å². The Bertz CT molecular complexity index is 640. The summed E-state index contributed by atoms with van der Waals surface area (Å²) in [5.41, 5.74) is 5.47. The van der Waals surface area contributed by atoms with Gasteiger partial charge >= 0.3 is 0 Å². The number of rotatable bonds is 7. The van der Waals surface area contributed by atoms with Crippen molar-refractivity contribution in [3.8, 4) is 0 Å². The lowest BCUT2D eigenvalue weighted by molar-refractivity contribution is -0.376. The minimum absolute atomic E-state index is 0.241. The maximum absolute atomic E-state index is 10.6. The molecule has 0 aromatic heterocycles. The van der Waals surface area contributed by atoms with E-state index >= 15 is 0 Å². The fourth-order valence-electron chi connectivity index (χ4n) is 4.10. The smallest absolute Gasteiger partial charge is 0.187 e. The molecule has 0 amide bonds. The van der Waals surface area contributed by atoms with Crippen molar-refractivity contribution >= 4 is 0 Å². The summed E-state index contributed by atoms with van der Waals surface area (Å²) in [5, 5.41) is 100. The Labute approximate surface area is 193 Å². The van der Waals surface area contributed by atoms with Gasteiger partial charge in [0, 0.05) is 6.54 Å². The quantitative estimate of drug-likeness (QED) is 0.154. The summed E-state index contributed by atoms with van der Waals surface area (Å²) in [6.07, 6.45) is -24.4. The molecule has 15 atom stereocenters. The Balaban J connectivity index is 1.72. The molecular weight excluding hydrogens is 470 g/mol. The van der Waals surface area contributed by atoms with E-state index in [0.717, 1.165) is 0 Å². The van der Waals surface area contributed by atoms with Crippen LogP contribution in [0.15, 0.2) is 0 Å². The fraction of sp³-hybridized carbons (Fsp3) is 1.00. The Morgan fingerprint density at radius 1 is 0.529 bits per heavy atom. The molecule has 0 aromatic carbocycles. The van der Waals surface area contributed by atoms with Crippen LogP contribution in [0, 0.1) is 0 Å². The van der Waals surface area contributed by atoms with Crippen molar-refractivity contribution in [3.05, 3.63) is 0 Å². The fourth-order valence-corrected chi connectivity index (χ4v) is 4.10. The summed E-state index contributed by atoms with van der Waals surface area (Å²) in [6, 6.07) is 0. The maximum Gasteiger partial charge on any atom is 0.187 e. The SMILES string of the molecule is NC[C@H]1O[C@H](O[C@@H]2[C@H](O)[C@@H](O)[C@H](O[C@H]3[C@H](O)[C@@H](O)[C@H](O)O[C@@H]3CO)O[C@@H]2CO)[C@H](O)[C@@H](O)[C@H]1O. The molecule has 0 saturated carbocycles. The van der Waals surface area contributed by atoms with Crippen molar-refractivity contribution in [1.29, 1.82) is 0 Å². The van der Waals surface area contributed by atoms with Gasteiger partial charge in [0.2, 0.25) is 0 Å². The lowest BCUT2D eigenvalue weighted by Gasteiger charge is -2.47. The van der Waals surface area contributed by atoms with Crippen LogP contribution in [0.3, 0.4) is 0 Å². The van der Waals surface area contributed by atoms with Crippen LogP contribution >= 0.6 is 0 Å². The van der Waals surface area contributed by atoms with Crippen LogP contribution in [0.25, 0.3) is 0 Å². The first-order chi connectivity index (χ1) is 16.0. The van der Waals surface area contributed by atoms with E-state index in [1.54, 1.807) is 0 Å². The topological polar surface area (TPSA) is 274 Å². The third-order valence-electron chi connectivity index (χ3n) is 6.14. The molecule has 3 rings (SSSR count). The van der Waals surface area contributed by atoms with Crippen LogP contribution in [0.2, 0.25) is 0 Å².